The van der Waals surface area contributed by atoms with E-state index in [0.29, 0.717) is 6.04 Å². The summed E-state index contributed by atoms with van der Waals surface area (Å²) >= 11 is 1.88. The van der Waals surface area contributed by atoms with E-state index in [0.717, 1.165) is 29.3 Å². The van der Waals surface area contributed by atoms with Crippen molar-refractivity contribution in [2.24, 2.45) is 7.05 Å². The van der Waals surface area contributed by atoms with Gasteiger partial charge < -0.3 is 10.6 Å². The highest BCUT2D eigenvalue weighted by molar-refractivity contribution is 7.99. The molecule has 0 radical (unpaired) electrons. The van der Waals surface area contributed by atoms with Gasteiger partial charge in [0.25, 0.3) is 0 Å². The number of amides is 2. The number of carbonyl (C=O) groups is 1. The summed E-state index contributed by atoms with van der Waals surface area (Å²) in [5.41, 5.74) is 1.72. The van der Waals surface area contributed by atoms with Crippen LogP contribution in [-0.4, -0.2) is 33.4 Å². The van der Waals surface area contributed by atoms with E-state index in [-0.39, 0.29) is 6.03 Å². The Kier molecular flexibility index (Phi) is 3.38. The molecule has 0 aliphatic carbocycles. The van der Waals surface area contributed by atoms with Crippen molar-refractivity contribution in [3.05, 3.63) is 11.9 Å². The summed E-state index contributed by atoms with van der Waals surface area (Å²) in [5.74, 6) is 2.15. The van der Waals surface area contributed by atoms with Gasteiger partial charge in [0.05, 0.1) is 17.6 Å². The molecule has 0 aromatic carbocycles. The summed E-state index contributed by atoms with van der Waals surface area (Å²) < 4.78 is 1.74. The third kappa shape index (κ3) is 2.49. The summed E-state index contributed by atoms with van der Waals surface area (Å²) in [5, 5.41) is 9.84. The van der Waals surface area contributed by atoms with Gasteiger partial charge in [-0.1, -0.05) is 0 Å². The lowest BCUT2D eigenvalue weighted by Gasteiger charge is -2.11. The largest absolute Gasteiger partial charge is 0.334 e. The van der Waals surface area contributed by atoms with Gasteiger partial charge in [0.2, 0.25) is 0 Å². The molecule has 88 valence electrons. The van der Waals surface area contributed by atoms with Crippen molar-refractivity contribution >= 4 is 23.5 Å². The minimum atomic E-state index is -0.136. The molecular weight excluding hydrogens is 224 g/mol. The molecule has 0 saturated carbocycles. The number of aryl methyl sites for hydroxylation is 1. The summed E-state index contributed by atoms with van der Waals surface area (Å²) in [7, 11) is 1.85. The topological polar surface area (TPSA) is 59.0 Å². The normalized spacial score (nSPS) is 19.8. The van der Waals surface area contributed by atoms with Crippen LogP contribution in [0.2, 0.25) is 0 Å². The summed E-state index contributed by atoms with van der Waals surface area (Å²) in [6.07, 6.45) is 2.72. The number of urea groups is 1. The fraction of sp³-hybridized carbons (Fsp3) is 0.600. The van der Waals surface area contributed by atoms with E-state index < -0.39 is 0 Å². The Balaban J connectivity index is 1.89. The zero-order chi connectivity index (χ0) is 11.5. The maximum Gasteiger partial charge on any atom is 0.319 e. The number of thioether (sulfide) groups is 1. The number of nitrogens with one attached hydrogen (secondary N) is 2. The van der Waals surface area contributed by atoms with Gasteiger partial charge in [0.15, 0.2) is 0 Å². The Bertz CT molecular complexity index is 384. The van der Waals surface area contributed by atoms with Crippen LogP contribution in [0.1, 0.15) is 12.1 Å². The third-order valence-electron chi connectivity index (χ3n) is 2.75. The first-order valence-electron chi connectivity index (χ1n) is 5.30. The lowest BCUT2D eigenvalue weighted by Crippen LogP contribution is -2.37. The molecule has 2 heterocycles. The summed E-state index contributed by atoms with van der Waals surface area (Å²) in [6, 6.07) is 0.172. The Labute approximate surface area is 99.0 Å². The SMILES string of the molecule is Cc1c(NC(=O)NC2CCSC2)cnn1C. The first-order chi connectivity index (χ1) is 7.66. The number of rotatable bonds is 2. The van der Waals surface area contributed by atoms with Crippen LogP contribution in [-0.2, 0) is 7.05 Å². The molecular formula is C10H16N4OS. The highest BCUT2D eigenvalue weighted by Crippen LogP contribution is 2.17. The minimum Gasteiger partial charge on any atom is -0.334 e. The van der Waals surface area contributed by atoms with Gasteiger partial charge in [0.1, 0.15) is 0 Å². The van der Waals surface area contributed by atoms with E-state index in [1.54, 1.807) is 10.9 Å². The number of hydrogen-bond donors (Lipinski definition) is 2. The maximum absolute atomic E-state index is 11.7. The highest BCUT2D eigenvalue weighted by Gasteiger charge is 2.18. The summed E-state index contributed by atoms with van der Waals surface area (Å²) in [6.45, 7) is 1.92. The van der Waals surface area contributed by atoms with Crippen molar-refractivity contribution in [3.8, 4) is 0 Å². The van der Waals surface area contributed by atoms with Crippen LogP contribution in [0.5, 0.6) is 0 Å². The van der Waals surface area contributed by atoms with Crippen molar-refractivity contribution in [2.75, 3.05) is 16.8 Å². The van der Waals surface area contributed by atoms with Crippen LogP contribution < -0.4 is 10.6 Å². The Morgan fingerprint density at radius 2 is 2.50 bits per heavy atom. The van der Waals surface area contributed by atoms with Crippen molar-refractivity contribution in [3.63, 3.8) is 0 Å². The first kappa shape index (κ1) is 11.3. The second kappa shape index (κ2) is 4.78. The Hall–Kier alpha value is -1.17. The number of anilines is 1. The maximum atomic E-state index is 11.7. The van der Waals surface area contributed by atoms with Gasteiger partial charge in [-0.05, 0) is 19.1 Å². The molecule has 1 aliphatic heterocycles. The fourth-order valence-corrected chi connectivity index (χ4v) is 2.77. The van der Waals surface area contributed by atoms with Gasteiger partial charge >= 0.3 is 6.03 Å². The minimum absolute atomic E-state index is 0.136. The van der Waals surface area contributed by atoms with E-state index >= 15 is 0 Å². The lowest BCUT2D eigenvalue weighted by molar-refractivity contribution is 0.249. The molecule has 0 spiro atoms. The van der Waals surface area contributed by atoms with Gasteiger partial charge in [-0.15, -0.1) is 0 Å². The molecule has 5 nitrogen and oxygen atoms in total. The van der Waals surface area contributed by atoms with Crippen LogP contribution >= 0.6 is 11.8 Å². The van der Waals surface area contributed by atoms with Crippen LogP contribution in [0.3, 0.4) is 0 Å². The lowest BCUT2D eigenvalue weighted by atomic mass is 10.3. The molecule has 2 N–H and O–H groups in total. The number of hydrogen-bond acceptors (Lipinski definition) is 3. The van der Waals surface area contributed by atoms with E-state index in [4.69, 9.17) is 0 Å². The van der Waals surface area contributed by atoms with E-state index in [1.807, 2.05) is 25.7 Å². The second-order valence-electron chi connectivity index (χ2n) is 3.93. The molecule has 2 rings (SSSR count). The van der Waals surface area contributed by atoms with E-state index in [1.165, 1.54) is 0 Å². The van der Waals surface area contributed by atoms with Crippen LogP contribution in [0.4, 0.5) is 10.5 Å². The predicted octanol–water partition coefficient (Wildman–Crippen LogP) is 1.36. The Morgan fingerprint density at radius 3 is 3.06 bits per heavy atom. The average molecular weight is 240 g/mol. The highest BCUT2D eigenvalue weighted by atomic mass is 32.2. The zero-order valence-electron chi connectivity index (χ0n) is 9.49. The molecule has 2 amide bonds. The van der Waals surface area contributed by atoms with Crippen LogP contribution in [0.15, 0.2) is 6.20 Å². The van der Waals surface area contributed by atoms with Gasteiger partial charge in [-0.2, -0.15) is 16.9 Å². The summed E-state index contributed by atoms with van der Waals surface area (Å²) in [4.78, 5) is 11.7. The van der Waals surface area contributed by atoms with Gasteiger partial charge in [-0.25, -0.2) is 4.79 Å². The van der Waals surface area contributed by atoms with Crippen molar-refractivity contribution in [2.45, 2.75) is 19.4 Å². The average Bonchev–Trinajstić information content (AvgIpc) is 2.83. The van der Waals surface area contributed by atoms with Crippen LogP contribution in [0, 0.1) is 6.92 Å². The molecule has 1 aliphatic rings. The number of nitrogens with zero attached hydrogens (tertiary/aromatic N) is 2. The Morgan fingerprint density at radius 1 is 1.69 bits per heavy atom. The van der Waals surface area contributed by atoms with Crippen molar-refractivity contribution < 1.29 is 4.79 Å². The molecule has 1 fully saturated rings. The van der Waals surface area contributed by atoms with Crippen molar-refractivity contribution in [1.29, 1.82) is 0 Å². The molecule has 16 heavy (non-hydrogen) atoms. The molecule has 1 saturated heterocycles. The van der Waals surface area contributed by atoms with Gasteiger partial charge in [0, 0.05) is 18.8 Å². The molecule has 0 bridgehead atoms. The second-order valence-corrected chi connectivity index (χ2v) is 5.08. The number of carbonyl (C=O) groups excluding carboxylic acids is 1. The number of aromatic nitrogens is 2. The van der Waals surface area contributed by atoms with E-state index in [9.17, 15) is 4.79 Å². The first-order valence-corrected chi connectivity index (χ1v) is 6.46. The third-order valence-corrected chi connectivity index (χ3v) is 3.91. The quantitative estimate of drug-likeness (QED) is 0.820. The molecule has 1 aromatic rings. The monoisotopic (exact) mass is 240 g/mol. The fourth-order valence-electron chi connectivity index (χ4n) is 1.61. The van der Waals surface area contributed by atoms with Crippen molar-refractivity contribution in [1.82, 2.24) is 15.1 Å². The molecule has 1 unspecified atom stereocenters. The molecule has 1 aromatic heterocycles. The van der Waals surface area contributed by atoms with Crippen LogP contribution in [0.25, 0.3) is 0 Å². The smallest absolute Gasteiger partial charge is 0.319 e. The predicted molar refractivity (Wildman–Crippen MR) is 65.8 cm³/mol. The zero-order valence-corrected chi connectivity index (χ0v) is 10.3. The standard InChI is InChI=1S/C10H16N4OS/c1-7-9(5-11-14(7)2)13-10(15)12-8-3-4-16-6-8/h5,8H,3-4,6H2,1-2H3,(H2,12,13,15). The molecule has 1 atom stereocenters. The molecule has 6 heteroatoms. The van der Waals surface area contributed by atoms with E-state index in [2.05, 4.69) is 15.7 Å². The van der Waals surface area contributed by atoms with Gasteiger partial charge in [-0.3, -0.25) is 4.68 Å².